The molecular formula is C26H29N3O4S. The van der Waals surface area contributed by atoms with Gasteiger partial charge in [-0.1, -0.05) is 54.6 Å². The van der Waals surface area contributed by atoms with E-state index in [4.69, 9.17) is 0 Å². The summed E-state index contributed by atoms with van der Waals surface area (Å²) in [5, 5.41) is 5.59. The van der Waals surface area contributed by atoms with Crippen LogP contribution in [0.5, 0.6) is 0 Å². The summed E-state index contributed by atoms with van der Waals surface area (Å²) in [4.78, 5) is 26.0. The molecule has 0 fully saturated rings. The molecule has 3 aromatic rings. The van der Waals surface area contributed by atoms with Gasteiger partial charge >= 0.3 is 0 Å². The van der Waals surface area contributed by atoms with Gasteiger partial charge in [0.1, 0.15) is 6.04 Å². The zero-order valence-corrected chi connectivity index (χ0v) is 20.5. The minimum Gasteiger partial charge on any atom is -0.348 e. The molecule has 2 amide bonds. The Morgan fingerprint density at radius 2 is 1.59 bits per heavy atom. The van der Waals surface area contributed by atoms with Gasteiger partial charge in [-0.05, 0) is 55.7 Å². The highest BCUT2D eigenvalue weighted by atomic mass is 32.2. The second-order valence-corrected chi connectivity index (χ2v) is 10.1. The van der Waals surface area contributed by atoms with E-state index in [0.29, 0.717) is 17.9 Å². The maximum Gasteiger partial charge on any atom is 0.253 e. The Bertz CT molecular complexity index is 1290. The molecule has 0 aromatic heterocycles. The van der Waals surface area contributed by atoms with Crippen molar-refractivity contribution in [2.45, 2.75) is 33.4 Å². The molecule has 0 aliphatic rings. The summed E-state index contributed by atoms with van der Waals surface area (Å²) < 4.78 is 26.5. The fourth-order valence-electron chi connectivity index (χ4n) is 3.64. The highest BCUT2D eigenvalue weighted by Gasteiger charge is 2.30. The van der Waals surface area contributed by atoms with Gasteiger partial charge in [-0.15, -0.1) is 0 Å². The maximum atomic E-state index is 13.2. The fraction of sp³-hybridized carbons (Fsp3) is 0.231. The fourth-order valence-corrected chi connectivity index (χ4v) is 4.86. The van der Waals surface area contributed by atoms with Crippen LogP contribution in [0.4, 0.5) is 11.4 Å². The molecule has 8 heteroatoms. The lowest BCUT2D eigenvalue weighted by Crippen LogP contribution is -2.46. The molecule has 0 spiro atoms. The van der Waals surface area contributed by atoms with E-state index in [0.717, 1.165) is 27.3 Å². The van der Waals surface area contributed by atoms with Crippen molar-refractivity contribution in [3.8, 4) is 0 Å². The number of carbonyl (C=O) groups is 2. The van der Waals surface area contributed by atoms with E-state index in [1.54, 1.807) is 37.3 Å². The van der Waals surface area contributed by atoms with Gasteiger partial charge < -0.3 is 10.6 Å². The van der Waals surface area contributed by atoms with Crippen LogP contribution in [-0.2, 0) is 21.4 Å². The predicted octanol–water partition coefficient (Wildman–Crippen LogP) is 4.03. The highest BCUT2D eigenvalue weighted by molar-refractivity contribution is 7.92. The van der Waals surface area contributed by atoms with Crippen molar-refractivity contribution in [3.63, 3.8) is 0 Å². The summed E-state index contributed by atoms with van der Waals surface area (Å²) in [6, 6.07) is 20.5. The average molecular weight is 480 g/mol. The molecular weight excluding hydrogens is 450 g/mol. The topological polar surface area (TPSA) is 95.6 Å². The Morgan fingerprint density at radius 1 is 0.941 bits per heavy atom. The number of nitrogens with zero attached hydrogens (tertiary/aromatic N) is 1. The van der Waals surface area contributed by atoms with E-state index in [2.05, 4.69) is 10.6 Å². The van der Waals surface area contributed by atoms with E-state index >= 15 is 0 Å². The van der Waals surface area contributed by atoms with Crippen LogP contribution in [0.15, 0.2) is 72.8 Å². The van der Waals surface area contributed by atoms with E-state index in [9.17, 15) is 18.0 Å². The summed E-state index contributed by atoms with van der Waals surface area (Å²) >= 11 is 0. The minimum atomic E-state index is -3.77. The molecule has 3 rings (SSSR count). The first-order valence-corrected chi connectivity index (χ1v) is 12.7. The van der Waals surface area contributed by atoms with Crippen molar-refractivity contribution in [2.75, 3.05) is 15.9 Å². The number of sulfonamides is 1. The Balaban J connectivity index is 1.83. The molecule has 3 aromatic carbocycles. The Labute approximate surface area is 200 Å². The Kier molecular flexibility index (Phi) is 7.73. The molecule has 1 atom stereocenters. The summed E-state index contributed by atoms with van der Waals surface area (Å²) in [5.41, 5.74) is 3.59. The lowest BCUT2D eigenvalue weighted by Gasteiger charge is -2.30. The normalized spacial score (nSPS) is 12.0. The first kappa shape index (κ1) is 25.0. The summed E-state index contributed by atoms with van der Waals surface area (Å²) in [7, 11) is -3.77. The van der Waals surface area contributed by atoms with E-state index in [1.807, 2.05) is 49.4 Å². The predicted molar refractivity (Wildman–Crippen MR) is 135 cm³/mol. The lowest BCUT2D eigenvalue weighted by atomic mass is 10.1. The lowest BCUT2D eigenvalue weighted by molar-refractivity contribution is -0.116. The monoisotopic (exact) mass is 479 g/mol. The van der Waals surface area contributed by atoms with Gasteiger partial charge in [0.25, 0.3) is 5.91 Å². The summed E-state index contributed by atoms with van der Waals surface area (Å²) in [5.74, 6) is -0.892. The third kappa shape index (κ3) is 6.02. The second kappa shape index (κ2) is 10.5. The number of hydrogen-bond acceptors (Lipinski definition) is 4. The molecule has 34 heavy (non-hydrogen) atoms. The SMILES string of the molecule is Cc1ccc(C)c(N([C@@H](C)C(=O)Nc2ccccc2C(=O)NCc2ccccc2)S(C)(=O)=O)c1. The van der Waals surface area contributed by atoms with Crippen LogP contribution in [0.1, 0.15) is 34.0 Å². The molecule has 0 unspecified atom stereocenters. The number of aryl methyl sites for hydroxylation is 2. The largest absolute Gasteiger partial charge is 0.348 e. The van der Waals surface area contributed by atoms with Gasteiger partial charge in [-0.25, -0.2) is 8.42 Å². The van der Waals surface area contributed by atoms with Gasteiger partial charge in [-0.2, -0.15) is 0 Å². The maximum absolute atomic E-state index is 13.2. The van der Waals surface area contributed by atoms with Gasteiger partial charge in [0.15, 0.2) is 0 Å². The first-order valence-electron chi connectivity index (χ1n) is 10.9. The number of anilines is 2. The third-order valence-corrected chi connectivity index (χ3v) is 6.64. The van der Waals surface area contributed by atoms with Crippen LogP contribution >= 0.6 is 0 Å². The number of para-hydroxylation sites is 1. The first-order chi connectivity index (χ1) is 16.1. The molecule has 7 nitrogen and oxygen atoms in total. The quantitative estimate of drug-likeness (QED) is 0.510. The molecule has 0 saturated carbocycles. The van der Waals surface area contributed by atoms with Crippen LogP contribution in [0.3, 0.4) is 0 Å². The van der Waals surface area contributed by atoms with Crippen molar-refractivity contribution in [1.82, 2.24) is 5.32 Å². The summed E-state index contributed by atoms with van der Waals surface area (Å²) in [6.45, 7) is 5.52. The van der Waals surface area contributed by atoms with E-state index in [-0.39, 0.29) is 11.5 Å². The van der Waals surface area contributed by atoms with Crippen LogP contribution in [0.25, 0.3) is 0 Å². The van der Waals surface area contributed by atoms with Crippen LogP contribution in [-0.4, -0.2) is 32.5 Å². The molecule has 0 saturated heterocycles. The molecule has 0 radical (unpaired) electrons. The molecule has 0 bridgehead atoms. The molecule has 0 aliphatic carbocycles. The number of hydrogen-bond donors (Lipinski definition) is 2. The molecule has 2 N–H and O–H groups in total. The molecule has 178 valence electrons. The average Bonchev–Trinajstić information content (AvgIpc) is 2.80. The number of nitrogens with one attached hydrogen (secondary N) is 2. The van der Waals surface area contributed by atoms with Crippen LogP contribution in [0.2, 0.25) is 0 Å². The zero-order valence-electron chi connectivity index (χ0n) is 19.7. The van der Waals surface area contributed by atoms with Gasteiger partial charge in [0.2, 0.25) is 15.9 Å². The Morgan fingerprint density at radius 3 is 2.26 bits per heavy atom. The van der Waals surface area contributed by atoms with Gasteiger partial charge in [-0.3, -0.25) is 13.9 Å². The smallest absolute Gasteiger partial charge is 0.253 e. The summed E-state index contributed by atoms with van der Waals surface area (Å²) in [6.07, 6.45) is 1.07. The minimum absolute atomic E-state index is 0.289. The van der Waals surface area contributed by atoms with Gasteiger partial charge in [0.05, 0.1) is 23.2 Å². The van der Waals surface area contributed by atoms with E-state index < -0.39 is 22.0 Å². The van der Waals surface area contributed by atoms with Crippen molar-refractivity contribution in [2.24, 2.45) is 0 Å². The van der Waals surface area contributed by atoms with Crippen LogP contribution < -0.4 is 14.9 Å². The standard InChI is InChI=1S/C26H29N3O4S/c1-18-14-15-19(2)24(16-18)29(34(4,32)33)20(3)25(30)28-23-13-9-8-12-22(23)26(31)27-17-21-10-6-5-7-11-21/h5-16,20H,17H2,1-4H3,(H,27,31)(H,28,30)/t20-/m0/s1. The molecule has 0 heterocycles. The molecule has 0 aliphatic heterocycles. The Hall–Kier alpha value is -3.65. The number of amides is 2. The van der Waals surface area contributed by atoms with E-state index in [1.165, 1.54) is 6.92 Å². The van der Waals surface area contributed by atoms with Gasteiger partial charge in [0, 0.05) is 6.54 Å². The number of rotatable bonds is 8. The number of carbonyl (C=O) groups excluding carboxylic acids is 2. The van der Waals surface area contributed by atoms with Crippen molar-refractivity contribution in [1.29, 1.82) is 0 Å². The highest BCUT2D eigenvalue weighted by Crippen LogP contribution is 2.27. The van der Waals surface area contributed by atoms with Crippen molar-refractivity contribution in [3.05, 3.63) is 95.1 Å². The van der Waals surface area contributed by atoms with Crippen molar-refractivity contribution >= 4 is 33.2 Å². The second-order valence-electron chi connectivity index (χ2n) is 8.23. The third-order valence-electron chi connectivity index (χ3n) is 5.42. The van der Waals surface area contributed by atoms with Crippen LogP contribution in [0, 0.1) is 13.8 Å². The number of benzene rings is 3. The zero-order chi connectivity index (χ0) is 24.9. The van der Waals surface area contributed by atoms with Crippen molar-refractivity contribution < 1.29 is 18.0 Å².